The summed E-state index contributed by atoms with van der Waals surface area (Å²) in [6, 6.07) is 7.60. The molecule has 1 saturated heterocycles. The number of aromatic nitrogens is 2. The van der Waals surface area contributed by atoms with Gasteiger partial charge < -0.3 is 18.9 Å². The fraction of sp³-hybridized carbons (Fsp3) is 0.500. The van der Waals surface area contributed by atoms with Crippen molar-refractivity contribution in [2.75, 3.05) is 27.3 Å². The van der Waals surface area contributed by atoms with E-state index in [0.717, 1.165) is 30.7 Å². The number of hydrogen-bond donors (Lipinski definition) is 0. The van der Waals surface area contributed by atoms with Crippen LogP contribution in [0.1, 0.15) is 36.0 Å². The third-order valence-electron chi connectivity index (χ3n) is 4.41. The van der Waals surface area contributed by atoms with Gasteiger partial charge in [0.25, 0.3) is 5.89 Å². The van der Waals surface area contributed by atoms with Crippen LogP contribution >= 0.6 is 0 Å². The van der Waals surface area contributed by atoms with Crippen LogP contribution in [0.25, 0.3) is 0 Å². The van der Waals surface area contributed by atoms with Gasteiger partial charge in [-0.2, -0.15) is 4.98 Å². The molecular weight excluding hydrogens is 322 g/mol. The van der Waals surface area contributed by atoms with Gasteiger partial charge in [-0.1, -0.05) is 17.3 Å². The molecule has 1 aromatic carbocycles. The molecule has 1 aliphatic heterocycles. The van der Waals surface area contributed by atoms with Crippen LogP contribution in [0, 0.1) is 0 Å². The highest BCUT2D eigenvalue weighted by molar-refractivity contribution is 5.79. The number of hydrogen-bond acceptors (Lipinski definition) is 6. The molecule has 7 heteroatoms. The van der Waals surface area contributed by atoms with E-state index in [1.54, 1.807) is 14.2 Å². The van der Waals surface area contributed by atoms with E-state index in [1.807, 2.05) is 29.2 Å². The summed E-state index contributed by atoms with van der Waals surface area (Å²) < 4.78 is 15.3. The molecule has 1 unspecified atom stereocenters. The van der Waals surface area contributed by atoms with Gasteiger partial charge in [0.05, 0.1) is 13.5 Å². The van der Waals surface area contributed by atoms with Gasteiger partial charge in [0.2, 0.25) is 5.91 Å². The van der Waals surface area contributed by atoms with Gasteiger partial charge in [0, 0.05) is 26.1 Å². The van der Waals surface area contributed by atoms with E-state index < -0.39 is 0 Å². The van der Waals surface area contributed by atoms with Gasteiger partial charge in [0.1, 0.15) is 12.4 Å². The number of benzene rings is 1. The van der Waals surface area contributed by atoms with Gasteiger partial charge in [-0.25, -0.2) is 0 Å². The Kier molecular flexibility index (Phi) is 5.65. The summed E-state index contributed by atoms with van der Waals surface area (Å²) >= 11 is 0. The number of carbonyl (C=O) groups is 1. The molecule has 25 heavy (non-hydrogen) atoms. The van der Waals surface area contributed by atoms with Crippen molar-refractivity contribution < 1.29 is 18.8 Å². The highest BCUT2D eigenvalue weighted by Gasteiger charge is 2.28. The molecule has 0 bridgehead atoms. The van der Waals surface area contributed by atoms with Crippen molar-refractivity contribution in [3.05, 3.63) is 41.5 Å². The first-order chi connectivity index (χ1) is 12.2. The fourth-order valence-electron chi connectivity index (χ4n) is 3.06. The quantitative estimate of drug-likeness (QED) is 0.798. The summed E-state index contributed by atoms with van der Waals surface area (Å²) in [5.74, 6) is 2.16. The van der Waals surface area contributed by atoms with E-state index in [-0.39, 0.29) is 11.8 Å². The summed E-state index contributed by atoms with van der Waals surface area (Å²) in [7, 11) is 3.22. The van der Waals surface area contributed by atoms with Crippen LogP contribution in [0.2, 0.25) is 0 Å². The predicted molar refractivity (Wildman–Crippen MR) is 90.3 cm³/mol. The lowest BCUT2D eigenvalue weighted by Crippen LogP contribution is -2.40. The first-order valence-corrected chi connectivity index (χ1v) is 8.41. The van der Waals surface area contributed by atoms with Gasteiger partial charge in [-0.15, -0.1) is 0 Å². The lowest BCUT2D eigenvalue weighted by molar-refractivity contribution is -0.131. The molecule has 134 valence electrons. The molecule has 7 nitrogen and oxygen atoms in total. The summed E-state index contributed by atoms with van der Waals surface area (Å²) in [6.45, 7) is 1.70. The summed E-state index contributed by atoms with van der Waals surface area (Å²) in [5.41, 5.74) is 0.981. The second kappa shape index (κ2) is 8.11. The van der Waals surface area contributed by atoms with E-state index in [1.165, 1.54) is 0 Å². The third kappa shape index (κ3) is 4.36. The van der Waals surface area contributed by atoms with Crippen molar-refractivity contribution in [3.63, 3.8) is 0 Å². The minimum atomic E-state index is 0.114. The van der Waals surface area contributed by atoms with Crippen LogP contribution in [0.3, 0.4) is 0 Å². The summed E-state index contributed by atoms with van der Waals surface area (Å²) in [5, 5.41) is 4.04. The Hall–Kier alpha value is -2.41. The van der Waals surface area contributed by atoms with Gasteiger partial charge in [-0.3, -0.25) is 4.79 Å². The van der Waals surface area contributed by atoms with Crippen LogP contribution in [0.4, 0.5) is 0 Å². The average molecular weight is 345 g/mol. The van der Waals surface area contributed by atoms with Crippen molar-refractivity contribution >= 4 is 5.91 Å². The van der Waals surface area contributed by atoms with Crippen LogP contribution in [-0.2, 0) is 22.6 Å². The SMILES string of the molecule is COCc1nc(C2CCCN(C(=O)Cc3ccc(OC)cc3)C2)no1. The molecule has 1 aliphatic rings. The molecule has 0 saturated carbocycles. The molecular formula is C18H23N3O4. The van der Waals surface area contributed by atoms with Crippen LogP contribution in [-0.4, -0.2) is 48.3 Å². The van der Waals surface area contributed by atoms with Crippen LogP contribution in [0.5, 0.6) is 5.75 Å². The smallest absolute Gasteiger partial charge is 0.252 e. The zero-order chi connectivity index (χ0) is 17.6. The maximum Gasteiger partial charge on any atom is 0.252 e. The normalized spacial score (nSPS) is 17.5. The Morgan fingerprint density at radius 1 is 1.32 bits per heavy atom. The fourth-order valence-corrected chi connectivity index (χ4v) is 3.06. The van der Waals surface area contributed by atoms with E-state index in [0.29, 0.717) is 31.3 Å². The molecule has 1 aromatic heterocycles. The van der Waals surface area contributed by atoms with Crippen LogP contribution in [0.15, 0.2) is 28.8 Å². The largest absolute Gasteiger partial charge is 0.497 e. The van der Waals surface area contributed by atoms with Crippen molar-refractivity contribution in [3.8, 4) is 5.75 Å². The Labute approximate surface area is 146 Å². The second-order valence-electron chi connectivity index (χ2n) is 6.18. The number of piperidine rings is 1. The number of amides is 1. The van der Waals surface area contributed by atoms with Crippen molar-refractivity contribution in [1.82, 2.24) is 15.0 Å². The van der Waals surface area contributed by atoms with Gasteiger partial charge in [-0.05, 0) is 30.5 Å². The average Bonchev–Trinajstić information content (AvgIpc) is 3.11. The number of likely N-dealkylation sites (tertiary alicyclic amines) is 1. The maximum atomic E-state index is 12.6. The van der Waals surface area contributed by atoms with E-state index in [9.17, 15) is 4.79 Å². The molecule has 2 aromatic rings. The number of ether oxygens (including phenoxy) is 2. The third-order valence-corrected chi connectivity index (χ3v) is 4.41. The van der Waals surface area contributed by atoms with Crippen LogP contribution < -0.4 is 4.74 Å². The standard InChI is InChI=1S/C18H23N3O4/c1-23-12-16-19-18(20-25-16)14-4-3-9-21(11-14)17(22)10-13-5-7-15(24-2)8-6-13/h5-8,14H,3-4,9-12H2,1-2H3. The molecule has 2 heterocycles. The predicted octanol–water partition coefficient (Wildman–Crippen LogP) is 2.17. The topological polar surface area (TPSA) is 77.7 Å². The minimum absolute atomic E-state index is 0.114. The Morgan fingerprint density at radius 2 is 2.12 bits per heavy atom. The molecule has 1 fully saturated rings. The Balaban J connectivity index is 1.60. The van der Waals surface area contributed by atoms with Crippen molar-refractivity contribution in [2.24, 2.45) is 0 Å². The van der Waals surface area contributed by atoms with E-state index in [4.69, 9.17) is 14.0 Å². The number of nitrogens with zero attached hydrogens (tertiary/aromatic N) is 3. The van der Waals surface area contributed by atoms with E-state index in [2.05, 4.69) is 10.1 Å². The van der Waals surface area contributed by atoms with Crippen molar-refractivity contribution in [1.29, 1.82) is 0 Å². The van der Waals surface area contributed by atoms with Gasteiger partial charge in [0.15, 0.2) is 5.82 Å². The molecule has 0 aliphatic carbocycles. The highest BCUT2D eigenvalue weighted by Crippen LogP contribution is 2.25. The molecule has 3 rings (SSSR count). The zero-order valence-corrected chi connectivity index (χ0v) is 14.6. The molecule has 0 N–H and O–H groups in total. The Bertz CT molecular complexity index is 699. The number of rotatable bonds is 6. The molecule has 1 amide bonds. The highest BCUT2D eigenvalue weighted by atomic mass is 16.5. The second-order valence-corrected chi connectivity index (χ2v) is 6.18. The lowest BCUT2D eigenvalue weighted by atomic mass is 9.96. The van der Waals surface area contributed by atoms with E-state index >= 15 is 0 Å². The summed E-state index contributed by atoms with van der Waals surface area (Å²) in [4.78, 5) is 18.9. The Morgan fingerprint density at radius 3 is 2.84 bits per heavy atom. The molecule has 0 radical (unpaired) electrons. The zero-order valence-electron chi connectivity index (χ0n) is 14.6. The summed E-state index contributed by atoms with van der Waals surface area (Å²) in [6.07, 6.45) is 2.28. The van der Waals surface area contributed by atoms with Gasteiger partial charge >= 0.3 is 0 Å². The number of methoxy groups -OCH3 is 2. The monoisotopic (exact) mass is 345 g/mol. The first-order valence-electron chi connectivity index (χ1n) is 8.41. The number of carbonyl (C=O) groups excluding carboxylic acids is 1. The van der Waals surface area contributed by atoms with Crippen molar-refractivity contribution in [2.45, 2.75) is 31.8 Å². The first kappa shape index (κ1) is 17.4. The maximum absolute atomic E-state index is 12.6. The lowest BCUT2D eigenvalue weighted by Gasteiger charge is -2.31. The molecule has 1 atom stereocenters. The molecule has 0 spiro atoms. The minimum Gasteiger partial charge on any atom is -0.497 e.